The van der Waals surface area contributed by atoms with Gasteiger partial charge >= 0.3 is 0 Å². The molecule has 4 nitrogen and oxygen atoms in total. The van der Waals surface area contributed by atoms with Crippen molar-refractivity contribution in [1.82, 2.24) is 15.2 Å². The third-order valence-electron chi connectivity index (χ3n) is 4.20. The van der Waals surface area contributed by atoms with E-state index in [1.807, 2.05) is 30.5 Å². The van der Waals surface area contributed by atoms with E-state index >= 15 is 0 Å². The van der Waals surface area contributed by atoms with Crippen LogP contribution in [0.5, 0.6) is 0 Å². The van der Waals surface area contributed by atoms with Gasteiger partial charge < -0.3 is 15.2 Å². The third-order valence-corrected chi connectivity index (χ3v) is 4.20. The fraction of sp³-hybridized carbons (Fsp3) is 0.471. The van der Waals surface area contributed by atoms with Crippen LogP contribution in [0, 0.1) is 5.92 Å². The Bertz CT molecular complexity index is 613. The molecule has 21 heavy (non-hydrogen) atoms. The van der Waals surface area contributed by atoms with Gasteiger partial charge in [0, 0.05) is 30.4 Å². The van der Waals surface area contributed by atoms with E-state index in [2.05, 4.69) is 22.1 Å². The molecule has 0 spiro atoms. The number of aromatic nitrogens is 1. The van der Waals surface area contributed by atoms with E-state index in [1.54, 1.807) is 0 Å². The van der Waals surface area contributed by atoms with Crippen molar-refractivity contribution in [3.05, 3.63) is 36.0 Å². The summed E-state index contributed by atoms with van der Waals surface area (Å²) in [5, 5.41) is 4.18. The molecule has 2 heterocycles. The molecule has 1 aliphatic heterocycles. The molecule has 0 bridgehead atoms. The van der Waals surface area contributed by atoms with Crippen molar-refractivity contribution in [2.75, 3.05) is 26.2 Å². The van der Waals surface area contributed by atoms with Gasteiger partial charge in [0.05, 0.1) is 0 Å². The minimum atomic E-state index is 0.0137. The van der Waals surface area contributed by atoms with Crippen LogP contribution in [0.1, 0.15) is 30.1 Å². The number of likely N-dealkylation sites (tertiary alicyclic amines) is 1. The van der Waals surface area contributed by atoms with E-state index in [1.165, 1.54) is 25.9 Å². The van der Waals surface area contributed by atoms with Gasteiger partial charge in [-0.15, -0.1) is 0 Å². The number of carbonyl (C=O) groups is 1. The lowest BCUT2D eigenvalue weighted by Gasteiger charge is -2.20. The highest BCUT2D eigenvalue weighted by molar-refractivity contribution is 5.97. The van der Waals surface area contributed by atoms with Crippen molar-refractivity contribution in [3.63, 3.8) is 0 Å². The molecule has 1 aromatic carbocycles. The molecule has 1 atom stereocenters. The number of hydrogen-bond donors (Lipinski definition) is 2. The summed E-state index contributed by atoms with van der Waals surface area (Å²) in [6, 6.07) is 7.79. The number of hydrogen-bond acceptors (Lipinski definition) is 2. The van der Waals surface area contributed by atoms with Crippen LogP contribution in [-0.4, -0.2) is 42.0 Å². The normalized spacial score (nSPS) is 17.2. The fourth-order valence-electron chi connectivity index (χ4n) is 3.03. The monoisotopic (exact) mass is 285 g/mol. The zero-order chi connectivity index (χ0) is 14.7. The third kappa shape index (κ3) is 3.45. The van der Waals surface area contributed by atoms with Gasteiger partial charge in [0.25, 0.3) is 5.91 Å². The lowest BCUT2D eigenvalue weighted by molar-refractivity contribution is 0.0945. The van der Waals surface area contributed by atoms with Gasteiger partial charge in [0.2, 0.25) is 0 Å². The maximum Gasteiger partial charge on any atom is 0.251 e. The molecular formula is C17H23N3O. The van der Waals surface area contributed by atoms with Crippen LogP contribution in [0.25, 0.3) is 10.9 Å². The summed E-state index contributed by atoms with van der Waals surface area (Å²) in [5.74, 6) is 0.501. The molecule has 0 aliphatic carbocycles. The highest BCUT2D eigenvalue weighted by Gasteiger charge is 2.15. The Balaban J connectivity index is 1.53. The summed E-state index contributed by atoms with van der Waals surface area (Å²) in [6.45, 7) is 6.43. The van der Waals surface area contributed by atoms with Crippen LogP contribution in [-0.2, 0) is 0 Å². The predicted octanol–water partition coefficient (Wildman–Crippen LogP) is 2.63. The van der Waals surface area contributed by atoms with Crippen LogP contribution >= 0.6 is 0 Å². The first kappa shape index (κ1) is 14.1. The SMILES string of the molecule is CC(CNC(=O)c1ccc2cc[nH]c2c1)CN1CCCC1. The summed E-state index contributed by atoms with van der Waals surface area (Å²) in [7, 11) is 0. The molecule has 1 aromatic heterocycles. The minimum Gasteiger partial charge on any atom is -0.361 e. The zero-order valence-corrected chi connectivity index (χ0v) is 12.6. The Hall–Kier alpha value is -1.81. The molecule has 4 heteroatoms. The molecule has 3 rings (SSSR count). The van der Waals surface area contributed by atoms with Crippen molar-refractivity contribution in [2.24, 2.45) is 5.92 Å². The smallest absolute Gasteiger partial charge is 0.251 e. The quantitative estimate of drug-likeness (QED) is 0.887. The van der Waals surface area contributed by atoms with E-state index in [0.717, 1.165) is 29.6 Å². The predicted molar refractivity (Wildman–Crippen MR) is 85.5 cm³/mol. The van der Waals surface area contributed by atoms with Crippen molar-refractivity contribution in [2.45, 2.75) is 19.8 Å². The van der Waals surface area contributed by atoms with E-state index in [4.69, 9.17) is 0 Å². The van der Waals surface area contributed by atoms with Crippen LogP contribution in [0.4, 0.5) is 0 Å². The average molecular weight is 285 g/mol. The molecule has 1 amide bonds. The first-order valence-corrected chi connectivity index (χ1v) is 7.80. The zero-order valence-electron chi connectivity index (χ0n) is 12.6. The van der Waals surface area contributed by atoms with E-state index in [0.29, 0.717) is 5.92 Å². The molecule has 112 valence electrons. The Morgan fingerprint density at radius 3 is 2.95 bits per heavy atom. The lowest BCUT2D eigenvalue weighted by atomic mass is 10.1. The van der Waals surface area contributed by atoms with Crippen molar-refractivity contribution < 1.29 is 4.79 Å². The second kappa shape index (κ2) is 6.31. The number of amides is 1. The lowest BCUT2D eigenvalue weighted by Crippen LogP contribution is -2.34. The van der Waals surface area contributed by atoms with Crippen LogP contribution < -0.4 is 5.32 Å². The number of benzene rings is 1. The van der Waals surface area contributed by atoms with Gasteiger partial charge in [-0.2, -0.15) is 0 Å². The number of fused-ring (bicyclic) bond motifs is 1. The summed E-state index contributed by atoms with van der Waals surface area (Å²) >= 11 is 0. The van der Waals surface area contributed by atoms with Crippen LogP contribution in [0.3, 0.4) is 0 Å². The van der Waals surface area contributed by atoms with Crippen molar-refractivity contribution in [1.29, 1.82) is 0 Å². The standard InChI is InChI=1S/C17H23N3O/c1-13(12-20-8-2-3-9-20)11-19-17(21)15-5-4-14-6-7-18-16(14)10-15/h4-7,10,13,18H,2-3,8-9,11-12H2,1H3,(H,19,21). The van der Waals surface area contributed by atoms with Gasteiger partial charge in [-0.05, 0) is 55.4 Å². The number of nitrogens with one attached hydrogen (secondary N) is 2. The molecule has 1 fully saturated rings. The van der Waals surface area contributed by atoms with Gasteiger partial charge in [-0.3, -0.25) is 4.79 Å². The molecule has 1 aliphatic rings. The molecule has 2 N–H and O–H groups in total. The van der Waals surface area contributed by atoms with E-state index in [9.17, 15) is 4.79 Å². The number of carbonyl (C=O) groups excluding carboxylic acids is 1. The minimum absolute atomic E-state index is 0.0137. The van der Waals surface area contributed by atoms with Crippen molar-refractivity contribution >= 4 is 16.8 Å². The number of H-pyrrole nitrogens is 1. The molecule has 0 saturated carbocycles. The molecule has 1 saturated heterocycles. The van der Waals surface area contributed by atoms with Gasteiger partial charge in [0.1, 0.15) is 0 Å². The largest absolute Gasteiger partial charge is 0.361 e. The number of aromatic amines is 1. The maximum absolute atomic E-state index is 12.2. The van der Waals surface area contributed by atoms with E-state index < -0.39 is 0 Å². The average Bonchev–Trinajstić information content (AvgIpc) is 3.14. The molecule has 1 unspecified atom stereocenters. The molecule has 0 radical (unpaired) electrons. The van der Waals surface area contributed by atoms with Crippen LogP contribution in [0.15, 0.2) is 30.5 Å². The Morgan fingerprint density at radius 2 is 2.14 bits per heavy atom. The molecule has 2 aromatic rings. The summed E-state index contributed by atoms with van der Waals surface area (Å²) in [6.07, 6.45) is 4.52. The first-order chi connectivity index (χ1) is 10.2. The maximum atomic E-state index is 12.2. The van der Waals surface area contributed by atoms with Gasteiger partial charge in [0.15, 0.2) is 0 Å². The Morgan fingerprint density at radius 1 is 1.33 bits per heavy atom. The summed E-state index contributed by atoms with van der Waals surface area (Å²) < 4.78 is 0. The number of nitrogens with zero attached hydrogens (tertiary/aromatic N) is 1. The van der Waals surface area contributed by atoms with E-state index in [-0.39, 0.29) is 5.91 Å². The van der Waals surface area contributed by atoms with Crippen molar-refractivity contribution in [3.8, 4) is 0 Å². The highest BCUT2D eigenvalue weighted by atomic mass is 16.1. The van der Waals surface area contributed by atoms with Gasteiger partial charge in [-0.25, -0.2) is 0 Å². The second-order valence-electron chi connectivity index (χ2n) is 6.10. The fourth-order valence-corrected chi connectivity index (χ4v) is 3.03. The summed E-state index contributed by atoms with van der Waals surface area (Å²) in [4.78, 5) is 17.8. The van der Waals surface area contributed by atoms with Gasteiger partial charge in [-0.1, -0.05) is 13.0 Å². The number of rotatable bonds is 5. The summed E-state index contributed by atoms with van der Waals surface area (Å²) in [5.41, 5.74) is 1.73. The topological polar surface area (TPSA) is 48.1 Å². The second-order valence-corrected chi connectivity index (χ2v) is 6.10. The highest BCUT2D eigenvalue weighted by Crippen LogP contribution is 2.14. The Kier molecular flexibility index (Phi) is 4.25. The molecular weight excluding hydrogens is 262 g/mol. The van der Waals surface area contributed by atoms with Crippen LogP contribution in [0.2, 0.25) is 0 Å². The first-order valence-electron chi connectivity index (χ1n) is 7.80. The Labute approximate surface area is 125 Å².